The number of thioether (sulfide) groups is 1. The van der Waals surface area contributed by atoms with Crippen LogP contribution in [0.4, 0.5) is 27.8 Å². The molecule has 162 valence electrons. The first-order valence-corrected chi connectivity index (χ1v) is 9.59. The van der Waals surface area contributed by atoms with Crippen molar-refractivity contribution in [2.45, 2.75) is 36.9 Å². The molecular formula is C17H16F5N5O2S. The minimum atomic E-state index is -5.81. The van der Waals surface area contributed by atoms with Crippen molar-refractivity contribution in [3.63, 3.8) is 0 Å². The highest BCUT2D eigenvalue weighted by Crippen LogP contribution is 2.39. The van der Waals surface area contributed by atoms with Crippen LogP contribution in [0.1, 0.15) is 24.2 Å². The number of alkyl halides is 5. The van der Waals surface area contributed by atoms with Gasteiger partial charge < -0.3 is 4.74 Å². The molecule has 30 heavy (non-hydrogen) atoms. The topological polar surface area (TPSA) is 79.2 Å². The number of pyridine rings is 1. The van der Waals surface area contributed by atoms with E-state index in [0.717, 1.165) is 0 Å². The fourth-order valence-corrected chi connectivity index (χ4v) is 3.50. The smallest absolute Gasteiger partial charge is 0.461 e. The van der Waals surface area contributed by atoms with Crippen molar-refractivity contribution in [3.05, 3.63) is 29.6 Å². The number of nitrogens with zero attached hydrogens (tertiary/aromatic N) is 4. The molecule has 0 saturated carbocycles. The zero-order chi connectivity index (χ0) is 22.3. The third-order valence-corrected chi connectivity index (χ3v) is 5.04. The standard InChI is InChI=1S/C17H16F5N5O2S/c1-4-30-11-6-9(14(28)29-3)7-23-13(11)27-8(2)5-10-12(26-27)25-15(24-10)16(18,19)17(20,21)22/h5-8H,4H2,1-3H3,(H,24,25,26). The highest BCUT2D eigenvalue weighted by atomic mass is 32.2. The van der Waals surface area contributed by atoms with Gasteiger partial charge in [0.1, 0.15) is 5.70 Å². The molecule has 0 aliphatic carbocycles. The fraction of sp³-hybridized carbons (Fsp3) is 0.412. The van der Waals surface area contributed by atoms with E-state index in [0.29, 0.717) is 16.5 Å². The lowest BCUT2D eigenvalue weighted by molar-refractivity contribution is -0.249. The summed E-state index contributed by atoms with van der Waals surface area (Å²) >= 11 is 1.36. The first-order chi connectivity index (χ1) is 14.0. The first kappa shape index (κ1) is 22.0. The maximum atomic E-state index is 13.6. The van der Waals surface area contributed by atoms with Gasteiger partial charge in [-0.05, 0) is 24.8 Å². The number of hydrogen-bond acceptors (Lipinski definition) is 8. The van der Waals surface area contributed by atoms with Crippen molar-refractivity contribution in [1.29, 1.82) is 0 Å². The van der Waals surface area contributed by atoms with E-state index in [4.69, 9.17) is 0 Å². The van der Waals surface area contributed by atoms with Crippen molar-refractivity contribution in [1.82, 2.24) is 10.4 Å². The molecule has 7 nitrogen and oxygen atoms in total. The molecule has 0 saturated heterocycles. The summed E-state index contributed by atoms with van der Waals surface area (Å²) in [5.74, 6) is -6.67. The Bertz CT molecular complexity index is 960. The molecular weight excluding hydrogens is 433 g/mol. The number of carbonyl (C=O) groups is 1. The summed E-state index contributed by atoms with van der Waals surface area (Å²) in [7, 11) is 1.23. The van der Waals surface area contributed by atoms with Crippen LogP contribution >= 0.6 is 11.8 Å². The number of esters is 1. The number of rotatable bonds is 5. The second-order valence-electron chi connectivity index (χ2n) is 6.21. The van der Waals surface area contributed by atoms with Crippen LogP contribution in [0, 0.1) is 0 Å². The Morgan fingerprint density at radius 2 is 2.00 bits per heavy atom. The Labute approximate surface area is 172 Å². The summed E-state index contributed by atoms with van der Waals surface area (Å²) in [5.41, 5.74) is 2.80. The van der Waals surface area contributed by atoms with Crippen LogP contribution in [0.3, 0.4) is 0 Å². The van der Waals surface area contributed by atoms with E-state index in [-0.39, 0.29) is 17.1 Å². The maximum Gasteiger partial charge on any atom is 0.461 e. The van der Waals surface area contributed by atoms with Gasteiger partial charge in [-0.3, -0.25) is 10.4 Å². The minimum Gasteiger partial charge on any atom is -0.465 e. The van der Waals surface area contributed by atoms with E-state index in [1.807, 2.05) is 6.92 Å². The Kier molecular flexibility index (Phi) is 5.76. The van der Waals surface area contributed by atoms with E-state index >= 15 is 0 Å². The summed E-state index contributed by atoms with van der Waals surface area (Å²) < 4.78 is 69.9. The molecule has 0 aromatic carbocycles. The van der Waals surface area contributed by atoms with Crippen LogP contribution < -0.4 is 10.4 Å². The van der Waals surface area contributed by atoms with Gasteiger partial charge in [0.05, 0.1) is 23.6 Å². The zero-order valence-electron chi connectivity index (χ0n) is 15.9. The highest BCUT2D eigenvalue weighted by molar-refractivity contribution is 7.99. The SMILES string of the molecule is CCSc1cc(C(=O)OC)cnc1N1NC2=NC(C(F)(F)C(F)(F)F)=NC2=CC1C. The predicted molar refractivity (Wildman–Crippen MR) is 101 cm³/mol. The predicted octanol–water partition coefficient (Wildman–Crippen LogP) is 3.59. The number of fused-ring (bicyclic) bond motifs is 1. The summed E-state index contributed by atoms with van der Waals surface area (Å²) in [4.78, 5) is 23.3. The summed E-state index contributed by atoms with van der Waals surface area (Å²) in [6.07, 6.45) is -3.14. The van der Waals surface area contributed by atoms with Crippen LogP contribution in [0.2, 0.25) is 0 Å². The molecule has 0 amide bonds. The number of aromatic nitrogens is 1. The van der Waals surface area contributed by atoms with Crippen LogP contribution in [0.5, 0.6) is 0 Å². The van der Waals surface area contributed by atoms with E-state index in [1.54, 1.807) is 13.0 Å². The number of hydrogen-bond donors (Lipinski definition) is 1. The number of anilines is 1. The van der Waals surface area contributed by atoms with Gasteiger partial charge >= 0.3 is 18.1 Å². The van der Waals surface area contributed by atoms with Crippen molar-refractivity contribution in [2.24, 2.45) is 9.98 Å². The molecule has 0 radical (unpaired) electrons. The molecule has 1 aromatic heterocycles. The summed E-state index contributed by atoms with van der Waals surface area (Å²) in [6, 6.07) is 1.04. The molecule has 2 aliphatic heterocycles. The minimum absolute atomic E-state index is 0.117. The quantitative estimate of drug-likeness (QED) is 0.421. The van der Waals surface area contributed by atoms with Gasteiger partial charge in [-0.15, -0.1) is 11.8 Å². The number of hydrazine groups is 1. The van der Waals surface area contributed by atoms with Gasteiger partial charge in [0.2, 0.25) is 5.84 Å². The number of carbonyl (C=O) groups excluding carboxylic acids is 1. The Hall–Kier alpha value is -2.70. The molecule has 2 aliphatic rings. The Morgan fingerprint density at radius 1 is 1.30 bits per heavy atom. The van der Waals surface area contributed by atoms with Gasteiger partial charge in [-0.2, -0.15) is 22.0 Å². The lowest BCUT2D eigenvalue weighted by atomic mass is 10.2. The van der Waals surface area contributed by atoms with Crippen molar-refractivity contribution in [3.8, 4) is 0 Å². The molecule has 3 rings (SSSR count). The van der Waals surface area contributed by atoms with Gasteiger partial charge in [0, 0.05) is 6.20 Å². The number of nitrogens with one attached hydrogen (secondary N) is 1. The van der Waals surface area contributed by atoms with Gasteiger partial charge in [0.15, 0.2) is 11.7 Å². The molecule has 1 aromatic rings. The van der Waals surface area contributed by atoms with E-state index in [2.05, 4.69) is 25.1 Å². The third kappa shape index (κ3) is 3.85. The van der Waals surface area contributed by atoms with E-state index in [1.165, 1.54) is 36.2 Å². The fourth-order valence-electron chi connectivity index (χ4n) is 2.70. The lowest BCUT2D eigenvalue weighted by Gasteiger charge is -2.34. The normalized spacial score (nSPS) is 18.9. The average Bonchev–Trinajstić information content (AvgIpc) is 3.09. The second kappa shape index (κ2) is 7.85. The number of halogens is 5. The molecule has 0 fully saturated rings. The van der Waals surface area contributed by atoms with E-state index in [9.17, 15) is 26.7 Å². The molecule has 1 N–H and O–H groups in total. The Balaban J connectivity index is 1.95. The molecule has 0 bridgehead atoms. The number of aliphatic imine (C=N–C) groups is 2. The lowest BCUT2D eigenvalue weighted by Crippen LogP contribution is -2.51. The largest absolute Gasteiger partial charge is 0.465 e. The number of amidine groups is 2. The van der Waals surface area contributed by atoms with Gasteiger partial charge in [-0.1, -0.05) is 6.92 Å². The molecule has 1 unspecified atom stereocenters. The van der Waals surface area contributed by atoms with Gasteiger partial charge in [0.25, 0.3) is 0 Å². The highest BCUT2D eigenvalue weighted by Gasteiger charge is 2.62. The average molecular weight is 449 g/mol. The van der Waals surface area contributed by atoms with Crippen molar-refractivity contribution < 1.29 is 31.5 Å². The van der Waals surface area contributed by atoms with Crippen molar-refractivity contribution in [2.75, 3.05) is 17.9 Å². The van der Waals surface area contributed by atoms with Crippen LogP contribution in [-0.2, 0) is 4.74 Å². The second-order valence-corrected chi connectivity index (χ2v) is 7.52. The van der Waals surface area contributed by atoms with E-state index < -0.39 is 29.9 Å². The van der Waals surface area contributed by atoms with Crippen LogP contribution in [0.15, 0.2) is 38.9 Å². The summed E-state index contributed by atoms with van der Waals surface area (Å²) in [5, 5.41) is 1.45. The van der Waals surface area contributed by atoms with Crippen molar-refractivity contribution >= 4 is 35.2 Å². The van der Waals surface area contributed by atoms with Gasteiger partial charge in [-0.25, -0.2) is 19.8 Å². The summed E-state index contributed by atoms with van der Waals surface area (Å²) in [6.45, 7) is 3.55. The van der Waals surface area contributed by atoms with Crippen LogP contribution in [-0.4, -0.2) is 53.6 Å². The third-order valence-electron chi connectivity index (χ3n) is 4.14. The molecule has 13 heteroatoms. The number of methoxy groups -OCH3 is 1. The Morgan fingerprint density at radius 3 is 2.60 bits per heavy atom. The van der Waals surface area contributed by atoms with Crippen LogP contribution in [0.25, 0.3) is 0 Å². The molecule has 3 heterocycles. The monoisotopic (exact) mass is 449 g/mol. The molecule has 0 spiro atoms. The molecule has 1 atom stereocenters. The maximum absolute atomic E-state index is 13.6. The zero-order valence-corrected chi connectivity index (χ0v) is 16.7. The first-order valence-electron chi connectivity index (χ1n) is 8.61. The number of ether oxygens (including phenoxy) is 1.